The largest absolute Gasteiger partial charge is 0.492 e. The molecule has 1 amide bonds. The Bertz CT molecular complexity index is 550. The van der Waals surface area contributed by atoms with Crippen molar-refractivity contribution < 1.29 is 14.3 Å². The molecule has 3 rings (SSSR count). The van der Waals surface area contributed by atoms with Gasteiger partial charge >= 0.3 is 0 Å². The molecule has 1 saturated heterocycles. The SMILES string of the molecule is Cl.Cl.NC1(C(=O)NCc2cccc(OCCN3CCOCC3)c2)CC1. The van der Waals surface area contributed by atoms with E-state index in [1.807, 2.05) is 24.3 Å². The van der Waals surface area contributed by atoms with Crippen LogP contribution in [0.15, 0.2) is 24.3 Å². The average molecular weight is 392 g/mol. The third kappa shape index (κ3) is 6.64. The second-order valence-corrected chi connectivity index (χ2v) is 6.29. The van der Waals surface area contributed by atoms with Crippen molar-refractivity contribution in [1.82, 2.24) is 10.2 Å². The molecule has 0 spiro atoms. The smallest absolute Gasteiger partial charge is 0.240 e. The lowest BCUT2D eigenvalue weighted by atomic mass is 10.2. The van der Waals surface area contributed by atoms with Crippen molar-refractivity contribution in [1.29, 1.82) is 0 Å². The summed E-state index contributed by atoms with van der Waals surface area (Å²) < 4.78 is 11.1. The predicted octanol–water partition coefficient (Wildman–Crippen LogP) is 1.35. The summed E-state index contributed by atoms with van der Waals surface area (Å²) in [6, 6.07) is 7.83. The number of hydrogen-bond donors (Lipinski definition) is 2. The van der Waals surface area contributed by atoms with Crippen LogP contribution in [0.5, 0.6) is 5.75 Å². The Balaban J connectivity index is 0.00000156. The second-order valence-electron chi connectivity index (χ2n) is 6.29. The fourth-order valence-electron chi connectivity index (χ4n) is 2.58. The van der Waals surface area contributed by atoms with Crippen LogP contribution in [0.2, 0.25) is 0 Å². The highest BCUT2D eigenvalue weighted by Gasteiger charge is 2.45. The Morgan fingerprint density at radius 3 is 2.68 bits per heavy atom. The number of carbonyl (C=O) groups is 1. The number of hydrogen-bond acceptors (Lipinski definition) is 5. The van der Waals surface area contributed by atoms with E-state index in [1.165, 1.54) is 0 Å². The standard InChI is InChI=1S/C17H25N3O3.2ClH/c18-17(4-5-17)16(21)19-13-14-2-1-3-15(12-14)23-11-8-20-6-9-22-10-7-20;;/h1-3,12H,4-11,13,18H2,(H,19,21);2*1H. The lowest BCUT2D eigenvalue weighted by Gasteiger charge is -2.26. The number of ether oxygens (including phenoxy) is 2. The van der Waals surface area contributed by atoms with Crippen molar-refractivity contribution in [2.24, 2.45) is 5.73 Å². The molecule has 6 nitrogen and oxygen atoms in total. The number of morpholine rings is 1. The molecule has 0 radical (unpaired) electrons. The van der Waals surface area contributed by atoms with Gasteiger partial charge in [-0.25, -0.2) is 0 Å². The van der Waals surface area contributed by atoms with Gasteiger partial charge in [-0.1, -0.05) is 12.1 Å². The molecule has 2 fully saturated rings. The molecule has 0 bridgehead atoms. The van der Waals surface area contributed by atoms with E-state index in [0.717, 1.165) is 57.0 Å². The molecule has 1 aliphatic heterocycles. The van der Waals surface area contributed by atoms with Crippen LogP contribution in [0.3, 0.4) is 0 Å². The zero-order valence-corrected chi connectivity index (χ0v) is 15.9. The molecule has 0 aromatic heterocycles. The summed E-state index contributed by atoms with van der Waals surface area (Å²) in [5.74, 6) is 0.773. The summed E-state index contributed by atoms with van der Waals surface area (Å²) in [5, 5.41) is 2.89. The average Bonchev–Trinajstić information content (AvgIpc) is 3.33. The zero-order valence-electron chi connectivity index (χ0n) is 14.2. The molecular weight excluding hydrogens is 365 g/mol. The summed E-state index contributed by atoms with van der Waals surface area (Å²) in [4.78, 5) is 14.2. The zero-order chi connectivity index (χ0) is 16.1. The molecule has 1 aromatic carbocycles. The first-order chi connectivity index (χ1) is 11.2. The highest BCUT2D eigenvalue weighted by atomic mass is 35.5. The maximum absolute atomic E-state index is 11.8. The topological polar surface area (TPSA) is 76.8 Å². The van der Waals surface area contributed by atoms with Gasteiger partial charge in [-0.3, -0.25) is 9.69 Å². The van der Waals surface area contributed by atoms with Crippen LogP contribution in [-0.4, -0.2) is 55.8 Å². The van der Waals surface area contributed by atoms with Crippen LogP contribution < -0.4 is 15.8 Å². The summed E-state index contributed by atoms with van der Waals surface area (Å²) in [7, 11) is 0. The molecular formula is C17H27Cl2N3O3. The molecule has 1 aromatic rings. The molecule has 1 heterocycles. The third-order valence-corrected chi connectivity index (χ3v) is 4.37. The number of nitrogens with one attached hydrogen (secondary N) is 1. The van der Waals surface area contributed by atoms with Crippen LogP contribution >= 0.6 is 24.8 Å². The van der Waals surface area contributed by atoms with Gasteiger partial charge in [-0.15, -0.1) is 24.8 Å². The first-order valence-electron chi connectivity index (χ1n) is 8.25. The molecule has 1 saturated carbocycles. The summed E-state index contributed by atoms with van der Waals surface area (Å²) >= 11 is 0. The van der Waals surface area contributed by atoms with E-state index in [-0.39, 0.29) is 30.7 Å². The van der Waals surface area contributed by atoms with Gasteiger partial charge in [0.05, 0.1) is 18.8 Å². The van der Waals surface area contributed by atoms with Gasteiger partial charge in [0, 0.05) is 26.2 Å². The minimum Gasteiger partial charge on any atom is -0.492 e. The normalized spacial score (nSPS) is 18.4. The minimum atomic E-state index is -0.619. The fourth-order valence-corrected chi connectivity index (χ4v) is 2.58. The van der Waals surface area contributed by atoms with Crippen LogP contribution in [0.1, 0.15) is 18.4 Å². The van der Waals surface area contributed by atoms with E-state index in [4.69, 9.17) is 15.2 Å². The van der Waals surface area contributed by atoms with Crippen molar-refractivity contribution in [2.45, 2.75) is 24.9 Å². The Labute approximate surface area is 161 Å². The van der Waals surface area contributed by atoms with E-state index in [1.54, 1.807) is 0 Å². The Morgan fingerprint density at radius 2 is 2.00 bits per heavy atom. The van der Waals surface area contributed by atoms with Crippen LogP contribution in [0.4, 0.5) is 0 Å². The van der Waals surface area contributed by atoms with Gasteiger partial charge in [0.1, 0.15) is 12.4 Å². The molecule has 3 N–H and O–H groups in total. The maximum atomic E-state index is 11.8. The van der Waals surface area contributed by atoms with Gasteiger partial charge in [0.2, 0.25) is 5.91 Å². The number of amides is 1. The molecule has 1 aliphatic carbocycles. The predicted molar refractivity (Wildman–Crippen MR) is 102 cm³/mol. The molecule has 0 atom stereocenters. The van der Waals surface area contributed by atoms with Crippen molar-refractivity contribution >= 4 is 30.7 Å². The number of benzene rings is 1. The van der Waals surface area contributed by atoms with Gasteiger partial charge in [0.15, 0.2) is 0 Å². The highest BCUT2D eigenvalue weighted by Crippen LogP contribution is 2.32. The van der Waals surface area contributed by atoms with Crippen LogP contribution in [-0.2, 0) is 16.1 Å². The molecule has 142 valence electrons. The first kappa shape index (κ1) is 22.0. The van der Waals surface area contributed by atoms with Crippen molar-refractivity contribution in [3.05, 3.63) is 29.8 Å². The maximum Gasteiger partial charge on any atom is 0.240 e. The number of halogens is 2. The second kappa shape index (κ2) is 10.2. The Kier molecular flexibility index (Phi) is 8.96. The molecule has 25 heavy (non-hydrogen) atoms. The molecule has 2 aliphatic rings. The summed E-state index contributed by atoms with van der Waals surface area (Å²) in [6.07, 6.45) is 1.56. The number of nitrogens with zero attached hydrogens (tertiary/aromatic N) is 1. The van der Waals surface area contributed by atoms with E-state index >= 15 is 0 Å². The highest BCUT2D eigenvalue weighted by molar-refractivity contribution is 5.88. The third-order valence-electron chi connectivity index (χ3n) is 4.37. The molecule has 8 heteroatoms. The Hall–Kier alpha value is -1.05. The first-order valence-corrected chi connectivity index (χ1v) is 8.25. The van der Waals surface area contributed by atoms with Crippen molar-refractivity contribution in [3.63, 3.8) is 0 Å². The quantitative estimate of drug-likeness (QED) is 0.733. The monoisotopic (exact) mass is 391 g/mol. The van der Waals surface area contributed by atoms with Gasteiger partial charge in [-0.2, -0.15) is 0 Å². The van der Waals surface area contributed by atoms with Gasteiger partial charge in [-0.05, 0) is 30.5 Å². The van der Waals surface area contributed by atoms with Crippen molar-refractivity contribution in [3.8, 4) is 5.75 Å². The van der Waals surface area contributed by atoms with Crippen LogP contribution in [0, 0.1) is 0 Å². The summed E-state index contributed by atoms with van der Waals surface area (Å²) in [5.41, 5.74) is 6.27. The van der Waals surface area contributed by atoms with Gasteiger partial charge in [0.25, 0.3) is 0 Å². The van der Waals surface area contributed by atoms with Crippen LogP contribution in [0.25, 0.3) is 0 Å². The van der Waals surface area contributed by atoms with E-state index in [2.05, 4.69) is 10.2 Å². The van der Waals surface area contributed by atoms with E-state index in [9.17, 15) is 4.79 Å². The number of nitrogens with two attached hydrogens (primary N) is 1. The van der Waals surface area contributed by atoms with Crippen molar-refractivity contribution in [2.75, 3.05) is 39.5 Å². The number of rotatable bonds is 7. The minimum absolute atomic E-state index is 0. The number of carbonyl (C=O) groups excluding carboxylic acids is 1. The van der Waals surface area contributed by atoms with E-state index < -0.39 is 5.54 Å². The lowest BCUT2D eigenvalue weighted by molar-refractivity contribution is -0.123. The fraction of sp³-hybridized carbons (Fsp3) is 0.588. The summed E-state index contributed by atoms with van der Waals surface area (Å²) in [6.45, 7) is 5.59. The van der Waals surface area contributed by atoms with Gasteiger partial charge < -0.3 is 20.5 Å². The lowest BCUT2D eigenvalue weighted by Crippen LogP contribution is -2.42. The molecule has 0 unspecified atom stereocenters. The Morgan fingerprint density at radius 1 is 1.28 bits per heavy atom. The van der Waals surface area contributed by atoms with E-state index in [0.29, 0.717) is 13.2 Å².